The summed E-state index contributed by atoms with van der Waals surface area (Å²) < 4.78 is 9.76. The molecule has 1 aliphatic rings. The molecule has 3 heteroatoms. The Bertz CT molecular complexity index is 2140. The first kappa shape index (κ1) is 22.6. The van der Waals surface area contributed by atoms with Crippen LogP contribution in [-0.4, -0.2) is 4.57 Å². The van der Waals surface area contributed by atoms with Gasteiger partial charge in [0.05, 0.1) is 11.0 Å². The average Bonchev–Trinajstić information content (AvgIpc) is 3.52. The molecule has 0 saturated carbocycles. The van der Waals surface area contributed by atoms with Crippen LogP contribution in [0.1, 0.15) is 18.4 Å². The van der Waals surface area contributed by atoms with Gasteiger partial charge in [0.2, 0.25) is 0 Å². The van der Waals surface area contributed by atoms with Gasteiger partial charge in [-0.1, -0.05) is 82.7 Å². The van der Waals surface area contributed by atoms with Crippen LogP contribution in [0.5, 0.6) is 0 Å². The van der Waals surface area contributed by atoms with Crippen LogP contribution in [-0.2, 0) is 0 Å². The smallest absolute Gasteiger partial charge is 0.137 e. The normalized spacial score (nSPS) is 13.9. The number of halogens is 1. The number of hydrogen-bond donors (Lipinski definition) is 0. The van der Waals surface area contributed by atoms with E-state index in [0.29, 0.717) is 0 Å². The summed E-state index contributed by atoms with van der Waals surface area (Å²) in [4.78, 5) is 0. The quantitative estimate of drug-likeness (QED) is 0.208. The maximum Gasteiger partial charge on any atom is 0.137 e. The first-order valence-corrected chi connectivity index (χ1v) is 14.1. The van der Waals surface area contributed by atoms with Gasteiger partial charge in [-0.2, -0.15) is 0 Å². The van der Waals surface area contributed by atoms with Crippen molar-refractivity contribution in [3.8, 4) is 16.8 Å². The summed E-state index contributed by atoms with van der Waals surface area (Å²) in [5, 5.41) is 4.80. The van der Waals surface area contributed by atoms with Gasteiger partial charge in [-0.3, -0.25) is 0 Å². The van der Waals surface area contributed by atoms with Crippen LogP contribution in [0.15, 0.2) is 130 Å². The van der Waals surface area contributed by atoms with Crippen LogP contribution in [0, 0.1) is 0 Å². The number of aromatic nitrogens is 1. The van der Waals surface area contributed by atoms with Crippen LogP contribution < -0.4 is 0 Å². The van der Waals surface area contributed by atoms with E-state index in [4.69, 9.17) is 4.42 Å². The van der Waals surface area contributed by atoms with Gasteiger partial charge < -0.3 is 8.98 Å². The van der Waals surface area contributed by atoms with Gasteiger partial charge in [0.25, 0.3) is 0 Å². The maximum absolute atomic E-state index is 6.24. The third kappa shape index (κ3) is 3.69. The molecule has 1 aliphatic carbocycles. The molecule has 0 atom stereocenters. The second-order valence-corrected chi connectivity index (χ2v) is 11.2. The highest BCUT2D eigenvalue weighted by Crippen LogP contribution is 2.38. The number of furan rings is 1. The predicted octanol–water partition coefficient (Wildman–Crippen LogP) is 10.8. The Hall–Kier alpha value is -4.34. The second kappa shape index (κ2) is 8.86. The summed E-state index contributed by atoms with van der Waals surface area (Å²) in [5.41, 5.74) is 10.5. The molecule has 0 aliphatic heterocycles. The molecule has 39 heavy (non-hydrogen) atoms. The standard InChI is InChI=1S/C36H24BrNO/c37-27-10-6-9-25(20-27)23-7-5-8-24(19-23)26-15-18-34-32(21-26)29-11-1-3-13-33(29)38(34)28-16-17-31-30-12-2-4-14-35(30)39-36(31)22-28/h1-5,7-8,10-22H,6,9H2. The summed E-state index contributed by atoms with van der Waals surface area (Å²) in [6.07, 6.45) is 6.63. The van der Waals surface area contributed by atoms with Gasteiger partial charge in [0.1, 0.15) is 11.2 Å². The molecule has 0 saturated heterocycles. The van der Waals surface area contributed by atoms with Crippen molar-refractivity contribution in [3.05, 3.63) is 131 Å². The highest BCUT2D eigenvalue weighted by molar-refractivity contribution is 9.11. The minimum absolute atomic E-state index is 0.909. The molecule has 2 aromatic heterocycles. The summed E-state index contributed by atoms with van der Waals surface area (Å²) in [5.74, 6) is 0. The van der Waals surface area contributed by atoms with Crippen molar-refractivity contribution in [2.75, 3.05) is 0 Å². The summed E-state index contributed by atoms with van der Waals surface area (Å²) in [6.45, 7) is 0. The van der Waals surface area contributed by atoms with E-state index >= 15 is 0 Å². The lowest BCUT2D eigenvalue weighted by molar-refractivity contribution is 0.668. The van der Waals surface area contributed by atoms with E-state index in [1.165, 1.54) is 48.6 Å². The molecule has 5 aromatic carbocycles. The Morgan fingerprint density at radius 3 is 2.28 bits per heavy atom. The zero-order chi connectivity index (χ0) is 25.9. The molecule has 0 fully saturated rings. The van der Waals surface area contributed by atoms with Gasteiger partial charge in [0.15, 0.2) is 0 Å². The van der Waals surface area contributed by atoms with Gasteiger partial charge in [0, 0.05) is 37.8 Å². The van der Waals surface area contributed by atoms with Crippen LogP contribution in [0.2, 0.25) is 0 Å². The highest BCUT2D eigenvalue weighted by atomic mass is 79.9. The summed E-state index contributed by atoms with van der Waals surface area (Å²) >= 11 is 3.66. The topological polar surface area (TPSA) is 18.1 Å². The third-order valence-electron chi connectivity index (χ3n) is 7.92. The largest absolute Gasteiger partial charge is 0.456 e. The molecule has 0 amide bonds. The number of fused-ring (bicyclic) bond motifs is 6. The van der Waals surface area contributed by atoms with E-state index in [1.807, 2.05) is 12.1 Å². The molecule has 186 valence electrons. The summed E-state index contributed by atoms with van der Waals surface area (Å²) in [6, 6.07) is 39.3. The van der Waals surface area contributed by atoms with Crippen molar-refractivity contribution in [1.29, 1.82) is 0 Å². The lowest BCUT2D eigenvalue weighted by Crippen LogP contribution is -1.93. The minimum Gasteiger partial charge on any atom is -0.456 e. The van der Waals surface area contributed by atoms with Gasteiger partial charge in [-0.25, -0.2) is 0 Å². The van der Waals surface area contributed by atoms with E-state index in [9.17, 15) is 0 Å². The fourth-order valence-electron chi connectivity index (χ4n) is 6.07. The third-order valence-corrected chi connectivity index (χ3v) is 8.48. The van der Waals surface area contributed by atoms with Crippen molar-refractivity contribution in [1.82, 2.24) is 4.57 Å². The first-order chi connectivity index (χ1) is 19.2. The van der Waals surface area contributed by atoms with Gasteiger partial charge in [-0.15, -0.1) is 0 Å². The summed E-state index contributed by atoms with van der Waals surface area (Å²) in [7, 11) is 0. The monoisotopic (exact) mass is 565 g/mol. The van der Waals surface area contributed by atoms with E-state index in [0.717, 1.165) is 40.5 Å². The maximum atomic E-state index is 6.24. The SMILES string of the molecule is BrC1=CCCC(c2cccc(-c3ccc4c(c3)c3ccccc3n4-c3ccc4c(c3)oc3ccccc34)c2)=C1. The zero-order valence-electron chi connectivity index (χ0n) is 21.2. The van der Waals surface area contributed by atoms with Crippen LogP contribution >= 0.6 is 15.9 Å². The fraction of sp³-hybridized carbons (Fsp3) is 0.0556. The number of hydrogen-bond acceptors (Lipinski definition) is 1. The lowest BCUT2D eigenvalue weighted by atomic mass is 9.94. The molecule has 0 spiro atoms. The number of para-hydroxylation sites is 2. The van der Waals surface area contributed by atoms with Crippen molar-refractivity contribution in [3.63, 3.8) is 0 Å². The molecule has 0 N–H and O–H groups in total. The Morgan fingerprint density at radius 2 is 1.36 bits per heavy atom. The molecular weight excluding hydrogens is 542 g/mol. The van der Waals surface area contributed by atoms with E-state index in [-0.39, 0.29) is 0 Å². The molecule has 0 radical (unpaired) electrons. The highest BCUT2D eigenvalue weighted by Gasteiger charge is 2.15. The Morgan fingerprint density at radius 1 is 0.590 bits per heavy atom. The second-order valence-electron chi connectivity index (χ2n) is 10.2. The molecule has 0 unspecified atom stereocenters. The Balaban J connectivity index is 1.30. The van der Waals surface area contributed by atoms with Crippen molar-refractivity contribution in [2.24, 2.45) is 0 Å². The average molecular weight is 566 g/mol. The van der Waals surface area contributed by atoms with E-state index in [2.05, 4.69) is 130 Å². The Labute approximate surface area is 234 Å². The Kier molecular flexibility index (Phi) is 5.14. The van der Waals surface area contributed by atoms with Crippen LogP contribution in [0.25, 0.3) is 66.1 Å². The molecule has 8 rings (SSSR count). The van der Waals surface area contributed by atoms with E-state index < -0.39 is 0 Å². The minimum atomic E-state index is 0.909. The van der Waals surface area contributed by atoms with Crippen molar-refractivity contribution >= 4 is 65.2 Å². The molecule has 2 nitrogen and oxygen atoms in total. The number of allylic oxidation sites excluding steroid dienone is 4. The molecule has 2 heterocycles. The molecule has 7 aromatic rings. The van der Waals surface area contributed by atoms with Gasteiger partial charge >= 0.3 is 0 Å². The number of nitrogens with zero attached hydrogens (tertiary/aromatic N) is 1. The van der Waals surface area contributed by atoms with E-state index in [1.54, 1.807) is 0 Å². The fourth-order valence-corrected chi connectivity index (χ4v) is 6.58. The van der Waals surface area contributed by atoms with Crippen LogP contribution in [0.4, 0.5) is 0 Å². The molecule has 0 bridgehead atoms. The lowest BCUT2D eigenvalue weighted by Gasteiger charge is -2.13. The van der Waals surface area contributed by atoms with Crippen molar-refractivity contribution in [2.45, 2.75) is 12.8 Å². The zero-order valence-corrected chi connectivity index (χ0v) is 22.8. The first-order valence-electron chi connectivity index (χ1n) is 13.3. The van der Waals surface area contributed by atoms with Crippen molar-refractivity contribution < 1.29 is 4.42 Å². The predicted molar refractivity (Wildman–Crippen MR) is 168 cm³/mol. The van der Waals surface area contributed by atoms with Crippen LogP contribution in [0.3, 0.4) is 0 Å². The molecular formula is C36H24BrNO. The van der Waals surface area contributed by atoms with Gasteiger partial charge in [-0.05, 0) is 83.6 Å². The number of benzene rings is 5. The number of rotatable bonds is 3.